The lowest BCUT2D eigenvalue weighted by Crippen LogP contribution is -2.22. The first-order chi connectivity index (χ1) is 11.6. The summed E-state index contributed by atoms with van der Waals surface area (Å²) in [6, 6.07) is 9.25. The van der Waals surface area contributed by atoms with Crippen LogP contribution in [-0.2, 0) is 4.79 Å². The number of carbonyl (C=O) groups excluding carboxylic acids is 1. The highest BCUT2D eigenvalue weighted by Gasteiger charge is 2.17. The molecule has 2 aromatic heterocycles. The Morgan fingerprint density at radius 2 is 1.92 bits per heavy atom. The van der Waals surface area contributed by atoms with E-state index in [4.69, 9.17) is 0 Å². The van der Waals surface area contributed by atoms with E-state index < -0.39 is 5.25 Å². The third-order valence-corrected chi connectivity index (χ3v) is 4.14. The largest absolute Gasteiger partial charge is 0.325 e. The van der Waals surface area contributed by atoms with Gasteiger partial charge >= 0.3 is 0 Å². The van der Waals surface area contributed by atoms with Crippen LogP contribution in [0.2, 0.25) is 0 Å². The molecular weight excluding hydrogens is 329 g/mol. The van der Waals surface area contributed by atoms with Gasteiger partial charge in [-0.1, -0.05) is 11.8 Å². The summed E-state index contributed by atoms with van der Waals surface area (Å²) in [6.07, 6.45) is 3.34. The van der Waals surface area contributed by atoms with Crippen molar-refractivity contribution in [2.24, 2.45) is 0 Å². The monoisotopic (exact) mass is 343 g/mol. The summed E-state index contributed by atoms with van der Waals surface area (Å²) in [6.45, 7) is 1.76. The molecule has 6 nitrogen and oxygen atoms in total. The van der Waals surface area contributed by atoms with Gasteiger partial charge in [-0.3, -0.25) is 14.9 Å². The smallest absolute Gasteiger partial charge is 0.237 e. The first-order valence-corrected chi connectivity index (χ1v) is 8.05. The Morgan fingerprint density at radius 1 is 1.21 bits per heavy atom. The molecule has 0 saturated heterocycles. The third kappa shape index (κ3) is 3.96. The maximum Gasteiger partial charge on any atom is 0.237 e. The van der Waals surface area contributed by atoms with Crippen LogP contribution in [0, 0.1) is 5.82 Å². The second kappa shape index (κ2) is 7.22. The SMILES string of the molecule is CC(Sc1n[nH]c(-c2ccncc2)n1)C(=O)Nc1ccc(F)cc1. The van der Waals surface area contributed by atoms with Gasteiger partial charge in [0.1, 0.15) is 5.82 Å². The van der Waals surface area contributed by atoms with Crippen molar-refractivity contribution in [1.29, 1.82) is 0 Å². The number of amides is 1. The van der Waals surface area contributed by atoms with Crippen molar-refractivity contribution in [3.05, 3.63) is 54.6 Å². The predicted octanol–water partition coefficient (Wildman–Crippen LogP) is 3.13. The lowest BCUT2D eigenvalue weighted by molar-refractivity contribution is -0.115. The number of aromatic nitrogens is 4. The van der Waals surface area contributed by atoms with E-state index in [1.54, 1.807) is 19.3 Å². The van der Waals surface area contributed by atoms with Crippen molar-refractivity contribution in [3.8, 4) is 11.4 Å². The first kappa shape index (κ1) is 16.1. The summed E-state index contributed by atoms with van der Waals surface area (Å²) in [5.41, 5.74) is 1.41. The van der Waals surface area contributed by atoms with Gasteiger partial charge in [-0.15, -0.1) is 5.10 Å². The minimum absolute atomic E-state index is 0.207. The zero-order chi connectivity index (χ0) is 16.9. The molecule has 1 aromatic carbocycles. The number of carbonyl (C=O) groups is 1. The molecule has 2 N–H and O–H groups in total. The van der Waals surface area contributed by atoms with Crippen molar-refractivity contribution in [3.63, 3.8) is 0 Å². The highest BCUT2D eigenvalue weighted by molar-refractivity contribution is 8.00. The number of halogens is 1. The van der Waals surface area contributed by atoms with E-state index in [1.165, 1.54) is 36.0 Å². The highest BCUT2D eigenvalue weighted by atomic mass is 32.2. The molecule has 8 heteroatoms. The van der Waals surface area contributed by atoms with Gasteiger partial charge in [0, 0.05) is 23.6 Å². The number of pyridine rings is 1. The standard InChI is InChI=1S/C16H14FN5OS/c1-10(15(23)19-13-4-2-12(17)3-5-13)24-16-20-14(21-22-16)11-6-8-18-9-7-11/h2-10H,1H3,(H,19,23)(H,20,21,22). The Labute approximate surface area is 141 Å². The zero-order valence-electron chi connectivity index (χ0n) is 12.7. The number of hydrogen-bond acceptors (Lipinski definition) is 5. The topological polar surface area (TPSA) is 83.6 Å². The van der Waals surface area contributed by atoms with Crippen LogP contribution < -0.4 is 5.32 Å². The molecule has 3 rings (SSSR count). The number of aromatic amines is 1. The maximum absolute atomic E-state index is 12.9. The molecule has 0 bridgehead atoms. The average Bonchev–Trinajstić information content (AvgIpc) is 3.06. The molecule has 1 amide bonds. The molecule has 1 unspecified atom stereocenters. The van der Waals surface area contributed by atoms with Gasteiger partial charge in [0.25, 0.3) is 0 Å². The van der Waals surface area contributed by atoms with Gasteiger partial charge in [0.05, 0.1) is 5.25 Å². The van der Waals surface area contributed by atoms with Gasteiger partial charge < -0.3 is 5.32 Å². The zero-order valence-corrected chi connectivity index (χ0v) is 13.5. The second-order valence-electron chi connectivity index (χ2n) is 4.96. The van der Waals surface area contributed by atoms with Gasteiger partial charge in [-0.25, -0.2) is 9.37 Å². The molecule has 0 fully saturated rings. The molecule has 122 valence electrons. The lowest BCUT2D eigenvalue weighted by Gasteiger charge is -2.09. The van der Waals surface area contributed by atoms with Crippen molar-refractivity contribution >= 4 is 23.4 Å². The van der Waals surface area contributed by atoms with Gasteiger partial charge in [-0.2, -0.15) is 0 Å². The Balaban J connectivity index is 1.62. The van der Waals surface area contributed by atoms with Crippen LogP contribution in [0.25, 0.3) is 11.4 Å². The van der Waals surface area contributed by atoms with Crippen molar-refractivity contribution in [2.75, 3.05) is 5.32 Å². The predicted molar refractivity (Wildman–Crippen MR) is 90.0 cm³/mol. The fraction of sp³-hybridized carbons (Fsp3) is 0.125. The number of thioether (sulfide) groups is 1. The Bertz CT molecular complexity index is 822. The number of H-pyrrole nitrogens is 1. The quantitative estimate of drug-likeness (QED) is 0.696. The summed E-state index contributed by atoms with van der Waals surface area (Å²) in [7, 11) is 0. The second-order valence-corrected chi connectivity index (χ2v) is 6.27. The molecule has 0 aliphatic heterocycles. The first-order valence-electron chi connectivity index (χ1n) is 7.18. The van der Waals surface area contributed by atoms with Crippen LogP contribution in [0.3, 0.4) is 0 Å². The van der Waals surface area contributed by atoms with Crippen LogP contribution >= 0.6 is 11.8 Å². The van der Waals surface area contributed by atoms with E-state index in [9.17, 15) is 9.18 Å². The number of rotatable bonds is 5. The fourth-order valence-electron chi connectivity index (χ4n) is 1.93. The van der Waals surface area contributed by atoms with Crippen molar-refractivity contribution in [1.82, 2.24) is 20.2 Å². The van der Waals surface area contributed by atoms with Crippen molar-refractivity contribution in [2.45, 2.75) is 17.3 Å². The van der Waals surface area contributed by atoms with Gasteiger partial charge in [0.2, 0.25) is 11.1 Å². The molecule has 0 aliphatic rings. The minimum Gasteiger partial charge on any atom is -0.325 e. The van der Waals surface area contributed by atoms with Gasteiger partial charge in [-0.05, 0) is 43.3 Å². The van der Waals surface area contributed by atoms with E-state index in [-0.39, 0.29) is 11.7 Å². The Morgan fingerprint density at radius 3 is 2.62 bits per heavy atom. The van der Waals surface area contributed by atoms with E-state index in [0.717, 1.165) is 5.56 Å². The summed E-state index contributed by atoms with van der Waals surface area (Å²) in [4.78, 5) is 20.5. The van der Waals surface area contributed by atoms with Gasteiger partial charge in [0.15, 0.2) is 5.82 Å². The average molecular weight is 343 g/mol. The summed E-state index contributed by atoms with van der Waals surface area (Å²) >= 11 is 1.23. The molecular formula is C16H14FN5OS. The molecule has 2 heterocycles. The maximum atomic E-state index is 12.9. The number of nitrogens with one attached hydrogen (secondary N) is 2. The molecule has 0 saturated carbocycles. The van der Waals surface area contributed by atoms with Crippen LogP contribution in [0.1, 0.15) is 6.92 Å². The molecule has 3 aromatic rings. The van der Waals surface area contributed by atoms with Crippen LogP contribution in [0.15, 0.2) is 53.9 Å². The summed E-state index contributed by atoms with van der Waals surface area (Å²) in [5.74, 6) is 0.0627. The molecule has 0 aliphatic carbocycles. The van der Waals surface area contributed by atoms with E-state index in [0.29, 0.717) is 16.7 Å². The Kier molecular flexibility index (Phi) is 4.85. The van der Waals surface area contributed by atoms with E-state index >= 15 is 0 Å². The number of hydrogen-bond donors (Lipinski definition) is 2. The molecule has 0 radical (unpaired) electrons. The minimum atomic E-state index is -0.406. The highest BCUT2D eigenvalue weighted by Crippen LogP contribution is 2.23. The van der Waals surface area contributed by atoms with Crippen molar-refractivity contribution < 1.29 is 9.18 Å². The molecule has 0 spiro atoms. The summed E-state index contributed by atoms with van der Waals surface area (Å²) in [5, 5.41) is 9.75. The third-order valence-electron chi connectivity index (χ3n) is 3.18. The molecule has 1 atom stereocenters. The van der Waals surface area contributed by atoms with Crippen LogP contribution in [-0.4, -0.2) is 31.3 Å². The van der Waals surface area contributed by atoms with E-state index in [1.807, 2.05) is 12.1 Å². The number of nitrogens with zero attached hydrogens (tertiary/aromatic N) is 3. The fourth-order valence-corrected chi connectivity index (χ4v) is 2.65. The Hall–Kier alpha value is -2.74. The van der Waals surface area contributed by atoms with Crippen LogP contribution in [0.4, 0.5) is 10.1 Å². The van der Waals surface area contributed by atoms with Crippen LogP contribution in [0.5, 0.6) is 0 Å². The van der Waals surface area contributed by atoms with E-state index in [2.05, 4.69) is 25.5 Å². The normalized spacial score (nSPS) is 11.9. The lowest BCUT2D eigenvalue weighted by atomic mass is 10.3. The number of benzene rings is 1. The number of anilines is 1. The summed E-state index contributed by atoms with van der Waals surface area (Å²) < 4.78 is 12.9. The molecule has 24 heavy (non-hydrogen) atoms.